The van der Waals surface area contributed by atoms with Crippen LogP contribution in [0.3, 0.4) is 0 Å². The number of nitrogens with one attached hydrogen (secondary N) is 2. The minimum absolute atomic E-state index is 0. The van der Waals surface area contributed by atoms with Crippen LogP contribution in [0, 0.1) is 5.82 Å². The van der Waals surface area contributed by atoms with E-state index in [-0.39, 0.29) is 42.9 Å². The lowest BCUT2D eigenvalue weighted by molar-refractivity contribution is 0.114. The summed E-state index contributed by atoms with van der Waals surface area (Å²) in [5, 5.41) is 27.9. The Hall–Kier alpha value is -1.95. The summed E-state index contributed by atoms with van der Waals surface area (Å²) < 4.78 is 19.5. The average Bonchev–Trinajstić information content (AvgIpc) is 3.19. The first-order valence-electron chi connectivity index (χ1n) is 9.80. The molecule has 0 aliphatic carbocycles. The van der Waals surface area contributed by atoms with Gasteiger partial charge in [-0.3, -0.25) is 4.99 Å². The number of thiophene rings is 1. The molecule has 0 saturated heterocycles. The maximum Gasteiger partial charge on any atom is 0.191 e. The third-order valence-corrected chi connectivity index (χ3v) is 5.51. The monoisotopic (exact) mass is 559 g/mol. The lowest BCUT2D eigenvalue weighted by Crippen LogP contribution is -2.40. The van der Waals surface area contributed by atoms with Crippen LogP contribution in [0.25, 0.3) is 10.1 Å². The molecule has 168 valence electrons. The summed E-state index contributed by atoms with van der Waals surface area (Å²) >= 11 is 1.56. The highest BCUT2D eigenvalue weighted by atomic mass is 127. The van der Waals surface area contributed by atoms with E-state index in [1.807, 2.05) is 37.3 Å². The van der Waals surface area contributed by atoms with E-state index < -0.39 is 12.2 Å². The fourth-order valence-corrected chi connectivity index (χ4v) is 3.83. The van der Waals surface area contributed by atoms with Gasteiger partial charge in [-0.05, 0) is 48.7 Å². The van der Waals surface area contributed by atoms with Gasteiger partial charge in [0.25, 0.3) is 0 Å². The number of aliphatic hydroxyl groups is 2. The molecule has 3 rings (SSSR count). The number of ether oxygens (including phenoxy) is 1. The minimum Gasteiger partial charge on any atom is -0.491 e. The summed E-state index contributed by atoms with van der Waals surface area (Å²) in [4.78, 5) is 5.23. The average molecular weight is 559 g/mol. The van der Waals surface area contributed by atoms with Crippen molar-refractivity contribution in [3.05, 3.63) is 65.3 Å². The predicted molar refractivity (Wildman–Crippen MR) is 134 cm³/mol. The molecule has 2 unspecified atom stereocenters. The number of aliphatic hydroxyl groups excluding tert-OH is 2. The van der Waals surface area contributed by atoms with Crippen LogP contribution in [0.4, 0.5) is 4.39 Å². The van der Waals surface area contributed by atoms with Crippen LogP contribution in [0.2, 0.25) is 0 Å². The molecular formula is C22H27FIN3O3S. The number of halogens is 2. The molecule has 0 spiro atoms. The fourth-order valence-electron chi connectivity index (χ4n) is 2.77. The normalized spacial score (nSPS) is 13.4. The number of hydrogen-bond donors (Lipinski definition) is 4. The Balaban J connectivity index is 0.00000341. The molecule has 0 fully saturated rings. The highest BCUT2D eigenvalue weighted by molar-refractivity contribution is 14.0. The van der Waals surface area contributed by atoms with Gasteiger partial charge in [-0.2, -0.15) is 0 Å². The van der Waals surface area contributed by atoms with Crippen LogP contribution >= 0.6 is 35.3 Å². The second-order valence-electron chi connectivity index (χ2n) is 6.72. The third-order valence-electron chi connectivity index (χ3n) is 4.30. The van der Waals surface area contributed by atoms with Gasteiger partial charge >= 0.3 is 0 Å². The van der Waals surface area contributed by atoms with E-state index in [1.165, 1.54) is 24.3 Å². The van der Waals surface area contributed by atoms with Crippen LogP contribution in [0.15, 0.2) is 59.6 Å². The molecule has 9 heteroatoms. The molecule has 3 aromatic rings. The number of hydrogen-bond acceptors (Lipinski definition) is 5. The standard InChI is InChI=1S/C22H26FN3O3S.HI/c1-2-24-22(25-12-17(27)14-29-18-9-7-16(23)8-10-18)26-13-19(28)21-11-15-5-3-4-6-20(15)30-21;/h3-11,17,19,27-28H,2,12-14H2,1H3,(H2,24,25,26);1H. The van der Waals surface area contributed by atoms with E-state index in [0.29, 0.717) is 24.8 Å². The molecule has 1 heterocycles. The van der Waals surface area contributed by atoms with Crippen molar-refractivity contribution < 1.29 is 19.3 Å². The zero-order valence-corrected chi connectivity index (χ0v) is 20.3. The van der Waals surface area contributed by atoms with Gasteiger partial charge in [-0.1, -0.05) is 18.2 Å². The first-order chi connectivity index (χ1) is 14.5. The van der Waals surface area contributed by atoms with Crippen molar-refractivity contribution in [3.63, 3.8) is 0 Å². The second kappa shape index (κ2) is 12.8. The van der Waals surface area contributed by atoms with Crippen molar-refractivity contribution in [1.29, 1.82) is 0 Å². The van der Waals surface area contributed by atoms with Gasteiger partial charge in [0, 0.05) is 22.7 Å². The van der Waals surface area contributed by atoms with Crippen LogP contribution in [-0.4, -0.2) is 48.5 Å². The van der Waals surface area contributed by atoms with Crippen LogP contribution in [-0.2, 0) is 0 Å². The van der Waals surface area contributed by atoms with Crippen LogP contribution in [0.5, 0.6) is 5.75 Å². The summed E-state index contributed by atoms with van der Waals surface area (Å²) in [7, 11) is 0. The molecule has 0 saturated carbocycles. The summed E-state index contributed by atoms with van der Waals surface area (Å²) in [6.45, 7) is 3.04. The van der Waals surface area contributed by atoms with Crippen molar-refractivity contribution in [1.82, 2.24) is 10.6 Å². The van der Waals surface area contributed by atoms with Gasteiger partial charge in [-0.25, -0.2) is 4.39 Å². The Kier molecular flexibility index (Phi) is 10.4. The molecule has 0 bridgehead atoms. The van der Waals surface area contributed by atoms with E-state index in [1.54, 1.807) is 11.3 Å². The van der Waals surface area contributed by atoms with Gasteiger partial charge in [0.2, 0.25) is 0 Å². The number of rotatable bonds is 9. The van der Waals surface area contributed by atoms with Crippen molar-refractivity contribution in [2.24, 2.45) is 4.99 Å². The first-order valence-corrected chi connectivity index (χ1v) is 10.6. The second-order valence-corrected chi connectivity index (χ2v) is 7.84. The predicted octanol–water partition coefficient (Wildman–Crippen LogP) is 3.69. The molecule has 0 aliphatic rings. The van der Waals surface area contributed by atoms with Gasteiger partial charge in [0.05, 0.1) is 6.54 Å². The van der Waals surface area contributed by atoms with Gasteiger partial charge < -0.3 is 25.6 Å². The Bertz CT molecular complexity index is 935. The highest BCUT2D eigenvalue weighted by Crippen LogP contribution is 2.29. The van der Waals surface area contributed by atoms with Crippen molar-refractivity contribution >= 4 is 51.4 Å². The Morgan fingerprint density at radius 1 is 1.13 bits per heavy atom. The van der Waals surface area contributed by atoms with Crippen molar-refractivity contribution in [2.75, 3.05) is 26.2 Å². The number of benzene rings is 2. The van der Waals surface area contributed by atoms with Crippen molar-refractivity contribution in [2.45, 2.75) is 19.1 Å². The van der Waals surface area contributed by atoms with E-state index in [0.717, 1.165) is 15.0 Å². The maximum atomic E-state index is 12.9. The maximum absolute atomic E-state index is 12.9. The molecule has 2 atom stereocenters. The summed E-state index contributed by atoms with van der Waals surface area (Å²) in [6.07, 6.45) is -1.49. The first kappa shape index (κ1) is 25.3. The van der Waals surface area contributed by atoms with Gasteiger partial charge in [-0.15, -0.1) is 35.3 Å². The number of aliphatic imine (C=N–C) groups is 1. The topological polar surface area (TPSA) is 86.1 Å². The van der Waals surface area contributed by atoms with Crippen LogP contribution in [0.1, 0.15) is 17.9 Å². The molecule has 2 aromatic carbocycles. The highest BCUT2D eigenvalue weighted by Gasteiger charge is 2.12. The molecule has 0 amide bonds. The van der Waals surface area contributed by atoms with E-state index in [4.69, 9.17) is 4.74 Å². The zero-order valence-electron chi connectivity index (χ0n) is 17.1. The number of guanidine groups is 1. The largest absolute Gasteiger partial charge is 0.491 e. The van der Waals surface area contributed by atoms with E-state index in [9.17, 15) is 14.6 Å². The Morgan fingerprint density at radius 3 is 2.58 bits per heavy atom. The van der Waals surface area contributed by atoms with Crippen LogP contribution < -0.4 is 15.4 Å². The lowest BCUT2D eigenvalue weighted by atomic mass is 10.2. The van der Waals surface area contributed by atoms with E-state index in [2.05, 4.69) is 15.6 Å². The number of fused-ring (bicyclic) bond motifs is 1. The lowest BCUT2D eigenvalue weighted by Gasteiger charge is -2.15. The zero-order chi connectivity index (χ0) is 21.3. The van der Waals surface area contributed by atoms with Gasteiger partial charge in [0.15, 0.2) is 5.96 Å². The summed E-state index contributed by atoms with van der Waals surface area (Å²) in [5.74, 6) is 0.640. The molecule has 0 radical (unpaired) electrons. The molecule has 31 heavy (non-hydrogen) atoms. The minimum atomic E-state index is -0.821. The Morgan fingerprint density at radius 2 is 1.87 bits per heavy atom. The van der Waals surface area contributed by atoms with E-state index >= 15 is 0 Å². The van der Waals surface area contributed by atoms with Gasteiger partial charge in [0.1, 0.15) is 30.4 Å². The summed E-state index contributed by atoms with van der Waals surface area (Å²) in [6, 6.07) is 15.6. The summed E-state index contributed by atoms with van der Waals surface area (Å²) in [5.41, 5.74) is 0. The molecule has 4 N–H and O–H groups in total. The SMILES string of the molecule is CCNC(=NCC(O)COc1ccc(F)cc1)NCC(O)c1cc2ccccc2s1.I. The smallest absolute Gasteiger partial charge is 0.191 e. The molecular weight excluding hydrogens is 532 g/mol. The molecule has 0 aliphatic heterocycles. The Labute approximate surface area is 202 Å². The fraction of sp³-hybridized carbons (Fsp3) is 0.318. The number of nitrogens with zero attached hydrogens (tertiary/aromatic N) is 1. The third kappa shape index (κ3) is 7.91. The molecule has 6 nitrogen and oxygen atoms in total. The quantitative estimate of drug-likeness (QED) is 0.183. The van der Waals surface area contributed by atoms with Crippen molar-refractivity contribution in [3.8, 4) is 5.75 Å². The molecule has 1 aromatic heterocycles.